The smallest absolute Gasteiger partial charge is 0.171 e. The number of thiocarbonyl (C=S) groups is 2. The molecule has 2 aliphatic rings. The van der Waals surface area contributed by atoms with Crippen molar-refractivity contribution in [2.24, 2.45) is 0 Å². The van der Waals surface area contributed by atoms with Crippen molar-refractivity contribution in [1.82, 2.24) is 19.6 Å². The Bertz CT molecular complexity index is 378. The molecule has 0 saturated carbocycles. The van der Waals surface area contributed by atoms with Gasteiger partial charge in [0.1, 0.15) is 0 Å². The summed E-state index contributed by atoms with van der Waals surface area (Å²) in [4.78, 5) is 8.31. The van der Waals surface area contributed by atoms with Gasteiger partial charge in [-0.05, 0) is 61.4 Å². The van der Waals surface area contributed by atoms with Gasteiger partial charge in [0.2, 0.25) is 0 Å². The minimum Gasteiger partial charge on any atom is -0.350 e. The predicted octanol–water partition coefficient (Wildman–Crippen LogP) is 5.35. The third-order valence-corrected chi connectivity index (χ3v) is 12.1. The van der Waals surface area contributed by atoms with Gasteiger partial charge >= 0.3 is 0 Å². The first kappa shape index (κ1) is 36.5. The molecule has 0 bridgehead atoms. The van der Waals surface area contributed by atoms with Crippen molar-refractivity contribution in [2.75, 3.05) is 91.3 Å². The fourth-order valence-corrected chi connectivity index (χ4v) is 5.96. The first-order chi connectivity index (χ1) is 14.1. The molecule has 2 heterocycles. The van der Waals surface area contributed by atoms with Crippen molar-refractivity contribution < 1.29 is 21.1 Å². The van der Waals surface area contributed by atoms with Gasteiger partial charge in [-0.3, -0.25) is 0 Å². The van der Waals surface area contributed by atoms with E-state index in [0.29, 0.717) is 15.8 Å². The molecular weight excluding hydrogens is 641 g/mol. The quantitative estimate of drug-likeness (QED) is 0.274. The zero-order chi connectivity index (χ0) is 23.7. The second-order valence-corrected chi connectivity index (χ2v) is 14.7. The fourth-order valence-electron chi connectivity index (χ4n) is 2.91. The molecule has 31 heavy (non-hydrogen) atoms. The van der Waals surface area contributed by atoms with Crippen LogP contribution in [0.25, 0.3) is 0 Å². The molecule has 0 spiro atoms. The Hall–Kier alpha value is 0.928. The maximum Gasteiger partial charge on any atom is 0.171 e. The minimum absolute atomic E-state index is 0. The summed E-state index contributed by atoms with van der Waals surface area (Å²) in [6.07, 6.45) is 8.51. The van der Waals surface area contributed by atoms with Gasteiger partial charge < -0.3 is 19.6 Å². The van der Waals surface area contributed by atoms with E-state index in [1.165, 1.54) is 37.0 Å². The van der Waals surface area contributed by atoms with E-state index >= 15 is 0 Å². The van der Waals surface area contributed by atoms with Crippen molar-refractivity contribution >= 4 is 50.5 Å². The maximum atomic E-state index is 5.02. The summed E-state index contributed by atoms with van der Waals surface area (Å²) in [7, 11) is 8.97. The van der Waals surface area contributed by atoms with E-state index in [0.717, 1.165) is 36.4 Å². The van der Waals surface area contributed by atoms with E-state index < -0.39 is 0 Å². The van der Waals surface area contributed by atoms with Crippen LogP contribution in [0.1, 0.15) is 41.5 Å². The van der Waals surface area contributed by atoms with Gasteiger partial charge in [0.25, 0.3) is 0 Å². The summed E-state index contributed by atoms with van der Waals surface area (Å²) in [5, 5.41) is 1.93. The number of hydrogen-bond acceptors (Lipinski definition) is 2. The van der Waals surface area contributed by atoms with Crippen LogP contribution in [0.2, 0.25) is 0 Å². The molecule has 0 aromatic rings. The van der Waals surface area contributed by atoms with Crippen molar-refractivity contribution in [3.8, 4) is 0 Å². The van der Waals surface area contributed by atoms with Crippen LogP contribution in [0.3, 0.4) is 0 Å². The van der Waals surface area contributed by atoms with E-state index in [-0.39, 0.29) is 21.1 Å². The van der Waals surface area contributed by atoms with E-state index in [1.54, 1.807) is 0 Å². The second kappa shape index (κ2) is 22.7. The zero-order valence-electron chi connectivity index (χ0n) is 21.9. The minimum atomic E-state index is 0. The molecule has 2 saturated heterocycles. The third kappa shape index (κ3) is 17.1. The van der Waals surface area contributed by atoms with Crippen LogP contribution in [0, 0.1) is 0 Å². The van der Waals surface area contributed by atoms with E-state index in [1.807, 2.05) is 28.2 Å². The van der Waals surface area contributed by atoms with E-state index in [4.69, 9.17) is 24.4 Å². The van der Waals surface area contributed by atoms with Gasteiger partial charge in [-0.1, -0.05) is 41.5 Å². The molecule has 0 amide bonds. The van der Waals surface area contributed by atoms with Crippen molar-refractivity contribution in [1.29, 1.82) is 0 Å². The van der Waals surface area contributed by atoms with Crippen LogP contribution < -0.4 is 0 Å². The average molecular weight is 692 g/mol. The third-order valence-electron chi connectivity index (χ3n) is 5.53. The van der Waals surface area contributed by atoms with Crippen LogP contribution in [0.15, 0.2) is 0 Å². The Labute approximate surface area is 223 Å². The van der Waals surface area contributed by atoms with Crippen LogP contribution in [-0.4, -0.2) is 121 Å². The summed E-state index contributed by atoms with van der Waals surface area (Å²) >= 11 is 10.0. The molecule has 0 aromatic heterocycles. The number of nitrogens with zero attached hydrogens (tertiary/aromatic N) is 4. The molecule has 0 aromatic carbocycles. The molecule has 2 rings (SSSR count). The maximum absolute atomic E-state index is 5.02. The molecule has 0 unspecified atom stereocenters. The first-order valence-corrected chi connectivity index (χ1v) is 16.1. The van der Waals surface area contributed by atoms with E-state index in [2.05, 4.69) is 61.1 Å². The summed E-state index contributed by atoms with van der Waals surface area (Å²) < 4.78 is 0. The SMILES string of the molecule is CCP(CC)CC.CCP(CC)CC.CN1CCN(C)C1=S.CN1CCN(C)C1=S.[Pt]. The van der Waals surface area contributed by atoms with Gasteiger partial charge in [-0.25, -0.2) is 0 Å². The average Bonchev–Trinajstić information content (AvgIpc) is 3.21. The van der Waals surface area contributed by atoms with Crippen LogP contribution in [-0.2, 0) is 21.1 Å². The van der Waals surface area contributed by atoms with Gasteiger partial charge in [0.05, 0.1) is 0 Å². The van der Waals surface area contributed by atoms with Crippen molar-refractivity contribution in [2.45, 2.75) is 41.5 Å². The van der Waals surface area contributed by atoms with Crippen LogP contribution in [0.5, 0.6) is 0 Å². The summed E-state index contributed by atoms with van der Waals surface area (Å²) in [6, 6.07) is 0. The number of hydrogen-bond donors (Lipinski definition) is 0. The van der Waals surface area contributed by atoms with Crippen LogP contribution in [0.4, 0.5) is 0 Å². The van der Waals surface area contributed by atoms with Gasteiger partial charge in [0.15, 0.2) is 10.2 Å². The standard InChI is InChI=1S/2C6H15P.2C5H10N2S.Pt/c2*1-4-7(5-2)6-3;2*1-6-3-4-7(2)5(6)8;/h2*4-6H2,1-3H3;2*3-4H2,1-2H3;. The summed E-state index contributed by atoms with van der Waals surface area (Å²) in [6.45, 7) is 18.1. The molecule has 0 aliphatic carbocycles. The van der Waals surface area contributed by atoms with Gasteiger partial charge in [-0.15, -0.1) is 15.8 Å². The molecule has 0 N–H and O–H groups in total. The Morgan fingerprint density at radius 1 is 0.516 bits per heavy atom. The summed E-state index contributed by atoms with van der Waals surface area (Å²) in [5.74, 6) is 0. The van der Waals surface area contributed by atoms with E-state index in [9.17, 15) is 0 Å². The van der Waals surface area contributed by atoms with Gasteiger partial charge in [0, 0.05) is 75.4 Å². The normalized spacial score (nSPS) is 15.2. The van der Waals surface area contributed by atoms with Crippen LogP contribution >= 0.6 is 40.3 Å². The molecule has 2 aliphatic heterocycles. The Morgan fingerprint density at radius 3 is 0.710 bits per heavy atom. The zero-order valence-corrected chi connectivity index (χ0v) is 27.6. The molecule has 0 radical (unpaired) electrons. The second-order valence-electron chi connectivity index (χ2n) is 7.49. The molecule has 0 atom stereocenters. The molecular formula is C22H50N4P2PtS2. The topological polar surface area (TPSA) is 13.0 Å². The Kier molecular flexibility index (Phi) is 26.7. The molecule has 4 nitrogen and oxygen atoms in total. The Balaban J connectivity index is -0.000000335. The van der Waals surface area contributed by atoms with Gasteiger partial charge in [-0.2, -0.15) is 0 Å². The number of rotatable bonds is 6. The predicted molar refractivity (Wildman–Crippen MR) is 153 cm³/mol. The monoisotopic (exact) mass is 691 g/mol. The number of likely N-dealkylation sites (N-methyl/N-ethyl adjacent to an activating group) is 4. The Morgan fingerprint density at radius 2 is 0.677 bits per heavy atom. The molecule has 190 valence electrons. The summed E-state index contributed by atoms with van der Waals surface area (Å²) in [5.41, 5.74) is 0. The molecule has 2 fully saturated rings. The van der Waals surface area contributed by atoms with Crippen molar-refractivity contribution in [3.63, 3.8) is 0 Å². The first-order valence-electron chi connectivity index (χ1n) is 11.5. The fraction of sp³-hybridized carbons (Fsp3) is 0.909. The molecule has 9 heteroatoms. The van der Waals surface area contributed by atoms with Crippen molar-refractivity contribution in [3.05, 3.63) is 0 Å². The largest absolute Gasteiger partial charge is 0.350 e.